The molecule has 5 atom stereocenters. The predicted molar refractivity (Wildman–Crippen MR) is 76.4 cm³/mol. The van der Waals surface area contributed by atoms with Gasteiger partial charge in [0.2, 0.25) is 0 Å². The van der Waals surface area contributed by atoms with Crippen molar-refractivity contribution in [3.8, 4) is 0 Å². The third-order valence-electron chi connectivity index (χ3n) is 5.88. The average Bonchev–Trinajstić information content (AvgIpc) is 2.83. The fourth-order valence-electron chi connectivity index (χ4n) is 4.82. The summed E-state index contributed by atoms with van der Waals surface area (Å²) < 4.78 is 0. The van der Waals surface area contributed by atoms with E-state index in [0.717, 1.165) is 23.8 Å². The van der Waals surface area contributed by atoms with Crippen LogP contribution in [0.4, 0.5) is 0 Å². The van der Waals surface area contributed by atoms with Crippen molar-refractivity contribution < 1.29 is 0 Å². The molecule has 1 saturated heterocycles. The maximum atomic E-state index is 6.37. The summed E-state index contributed by atoms with van der Waals surface area (Å²) in [4.78, 5) is 2.82. The van der Waals surface area contributed by atoms with Crippen LogP contribution in [0.5, 0.6) is 0 Å². The zero-order valence-corrected chi connectivity index (χ0v) is 12.0. The Hall–Kier alpha value is -0.0800. The van der Waals surface area contributed by atoms with Gasteiger partial charge in [0.25, 0.3) is 0 Å². The molecule has 5 unspecified atom stereocenters. The molecule has 3 aliphatic rings. The molecule has 0 aromatic carbocycles. The molecule has 2 N–H and O–H groups in total. The third-order valence-corrected chi connectivity index (χ3v) is 5.88. The van der Waals surface area contributed by atoms with E-state index in [-0.39, 0.29) is 0 Å². The van der Waals surface area contributed by atoms with Crippen molar-refractivity contribution >= 4 is 0 Å². The summed E-state index contributed by atoms with van der Waals surface area (Å²) in [5.41, 5.74) is 6.37. The molecule has 2 heteroatoms. The molecule has 2 nitrogen and oxygen atoms in total. The van der Waals surface area contributed by atoms with Crippen LogP contribution in [0.1, 0.15) is 58.3 Å². The van der Waals surface area contributed by atoms with Crippen LogP contribution in [-0.2, 0) is 0 Å². The monoisotopic (exact) mass is 250 g/mol. The first-order valence-electron chi connectivity index (χ1n) is 8.23. The van der Waals surface area contributed by atoms with Gasteiger partial charge in [-0.2, -0.15) is 0 Å². The summed E-state index contributed by atoms with van der Waals surface area (Å²) in [5, 5.41) is 0. The second-order valence-corrected chi connectivity index (χ2v) is 7.24. The Morgan fingerprint density at radius 3 is 2.78 bits per heavy atom. The predicted octanol–water partition coefficient (Wildman–Crippen LogP) is 3.01. The van der Waals surface area contributed by atoms with Gasteiger partial charge in [-0.15, -0.1) is 0 Å². The van der Waals surface area contributed by atoms with Gasteiger partial charge in [-0.25, -0.2) is 0 Å². The second-order valence-electron chi connectivity index (χ2n) is 7.24. The molecule has 1 aliphatic heterocycles. The summed E-state index contributed by atoms with van der Waals surface area (Å²) >= 11 is 0. The van der Waals surface area contributed by atoms with Gasteiger partial charge in [0.05, 0.1) is 0 Å². The number of hydrogen-bond acceptors (Lipinski definition) is 2. The van der Waals surface area contributed by atoms with Crippen molar-refractivity contribution in [3.05, 3.63) is 0 Å². The van der Waals surface area contributed by atoms with E-state index in [1.165, 1.54) is 64.5 Å². The average molecular weight is 250 g/mol. The van der Waals surface area contributed by atoms with E-state index in [1.807, 2.05) is 0 Å². The lowest BCUT2D eigenvalue weighted by Gasteiger charge is -2.42. The molecule has 1 heterocycles. The molecule has 2 aliphatic carbocycles. The van der Waals surface area contributed by atoms with Crippen molar-refractivity contribution in [2.45, 2.75) is 70.4 Å². The number of piperidine rings is 1. The van der Waals surface area contributed by atoms with E-state index in [4.69, 9.17) is 5.73 Å². The minimum atomic E-state index is 0.475. The lowest BCUT2D eigenvalue weighted by atomic mass is 9.78. The van der Waals surface area contributed by atoms with E-state index in [9.17, 15) is 0 Å². The number of nitrogens with zero attached hydrogens (tertiary/aromatic N) is 1. The summed E-state index contributed by atoms with van der Waals surface area (Å²) in [7, 11) is 0. The van der Waals surface area contributed by atoms with Crippen LogP contribution < -0.4 is 5.73 Å². The molecule has 2 saturated carbocycles. The van der Waals surface area contributed by atoms with Crippen LogP contribution in [-0.4, -0.2) is 30.1 Å². The molecule has 18 heavy (non-hydrogen) atoms. The quantitative estimate of drug-likeness (QED) is 0.816. The standard InChI is InChI=1S/C16H30N2/c1-12-7-8-15(17)14(10-12)11-18-9-3-5-13-4-2-6-16(13)18/h12-16H,2-11,17H2,1H3. The fourth-order valence-corrected chi connectivity index (χ4v) is 4.82. The largest absolute Gasteiger partial charge is 0.327 e. The molecule has 0 bridgehead atoms. The van der Waals surface area contributed by atoms with Crippen molar-refractivity contribution in [1.82, 2.24) is 4.90 Å². The first-order valence-corrected chi connectivity index (χ1v) is 8.23. The normalized spacial score (nSPS) is 46.0. The zero-order chi connectivity index (χ0) is 12.5. The van der Waals surface area contributed by atoms with E-state index >= 15 is 0 Å². The highest BCUT2D eigenvalue weighted by atomic mass is 15.2. The number of nitrogens with two attached hydrogens (primary N) is 1. The Morgan fingerprint density at radius 2 is 1.89 bits per heavy atom. The molecule has 0 aromatic heterocycles. The number of hydrogen-bond donors (Lipinski definition) is 1. The highest BCUT2D eigenvalue weighted by molar-refractivity contribution is 4.92. The van der Waals surface area contributed by atoms with Gasteiger partial charge >= 0.3 is 0 Å². The van der Waals surface area contributed by atoms with Gasteiger partial charge in [-0.05, 0) is 69.2 Å². The van der Waals surface area contributed by atoms with E-state index in [2.05, 4.69) is 11.8 Å². The topological polar surface area (TPSA) is 29.3 Å². The van der Waals surface area contributed by atoms with Gasteiger partial charge < -0.3 is 5.73 Å². The number of likely N-dealkylation sites (tertiary alicyclic amines) is 1. The molecule has 0 aromatic rings. The fraction of sp³-hybridized carbons (Fsp3) is 1.00. The van der Waals surface area contributed by atoms with Crippen LogP contribution in [0, 0.1) is 17.8 Å². The van der Waals surface area contributed by atoms with Crippen molar-refractivity contribution in [1.29, 1.82) is 0 Å². The minimum absolute atomic E-state index is 0.475. The van der Waals surface area contributed by atoms with Crippen molar-refractivity contribution in [2.24, 2.45) is 23.5 Å². The molecule has 3 fully saturated rings. The second kappa shape index (κ2) is 5.50. The van der Waals surface area contributed by atoms with Crippen molar-refractivity contribution in [2.75, 3.05) is 13.1 Å². The Labute approximate surface area is 112 Å². The van der Waals surface area contributed by atoms with Gasteiger partial charge in [-0.1, -0.05) is 13.3 Å². The number of fused-ring (bicyclic) bond motifs is 1. The van der Waals surface area contributed by atoms with E-state index in [1.54, 1.807) is 0 Å². The highest BCUT2D eigenvalue weighted by Gasteiger charge is 2.37. The van der Waals surface area contributed by atoms with Crippen molar-refractivity contribution in [3.63, 3.8) is 0 Å². The molecule has 0 radical (unpaired) electrons. The van der Waals surface area contributed by atoms with E-state index in [0.29, 0.717) is 6.04 Å². The minimum Gasteiger partial charge on any atom is -0.327 e. The summed E-state index contributed by atoms with van der Waals surface area (Å²) in [5.74, 6) is 2.70. The molecule has 0 spiro atoms. The van der Waals surface area contributed by atoms with Gasteiger partial charge in [0.15, 0.2) is 0 Å². The zero-order valence-electron chi connectivity index (χ0n) is 12.0. The Bertz CT molecular complexity index is 278. The SMILES string of the molecule is CC1CCC(N)C(CN2CCCC3CCCC32)C1. The lowest BCUT2D eigenvalue weighted by molar-refractivity contribution is 0.0740. The molecular formula is C16H30N2. The maximum absolute atomic E-state index is 6.37. The van der Waals surface area contributed by atoms with Crippen LogP contribution in [0.25, 0.3) is 0 Å². The Morgan fingerprint density at radius 1 is 1.06 bits per heavy atom. The maximum Gasteiger partial charge on any atom is 0.0124 e. The number of rotatable bonds is 2. The molecular weight excluding hydrogens is 220 g/mol. The summed E-state index contributed by atoms with van der Waals surface area (Å²) in [6, 6.07) is 1.39. The van der Waals surface area contributed by atoms with Crippen LogP contribution >= 0.6 is 0 Å². The third kappa shape index (κ3) is 2.60. The summed E-state index contributed by atoms with van der Waals surface area (Å²) in [6.45, 7) is 5.05. The highest BCUT2D eigenvalue weighted by Crippen LogP contribution is 2.38. The lowest BCUT2D eigenvalue weighted by Crippen LogP contribution is -2.49. The van der Waals surface area contributed by atoms with Gasteiger partial charge in [0.1, 0.15) is 0 Å². The first kappa shape index (κ1) is 12.9. The molecule has 104 valence electrons. The van der Waals surface area contributed by atoms with Gasteiger partial charge in [0, 0.05) is 18.6 Å². The summed E-state index contributed by atoms with van der Waals surface area (Å²) in [6.07, 6.45) is 11.3. The smallest absolute Gasteiger partial charge is 0.0124 e. The van der Waals surface area contributed by atoms with Crippen LogP contribution in [0.3, 0.4) is 0 Å². The van der Waals surface area contributed by atoms with Crippen LogP contribution in [0.15, 0.2) is 0 Å². The first-order chi connectivity index (χ1) is 8.74. The van der Waals surface area contributed by atoms with Crippen LogP contribution in [0.2, 0.25) is 0 Å². The molecule has 3 rings (SSSR count). The molecule has 0 amide bonds. The van der Waals surface area contributed by atoms with E-state index < -0.39 is 0 Å². The Balaban J connectivity index is 1.60. The van der Waals surface area contributed by atoms with Gasteiger partial charge in [-0.3, -0.25) is 4.90 Å². The Kier molecular flexibility index (Phi) is 3.95.